The van der Waals surface area contributed by atoms with E-state index in [1.54, 1.807) is 0 Å². The third-order valence-electron chi connectivity index (χ3n) is 2.37. The highest BCUT2D eigenvalue weighted by molar-refractivity contribution is 7.89. The quantitative estimate of drug-likeness (QED) is 0.867. The Morgan fingerprint density at radius 1 is 1.44 bits per heavy atom. The Morgan fingerprint density at radius 2 is 2.22 bits per heavy atom. The fraction of sp³-hybridized carbons (Fsp3) is 0.182. The van der Waals surface area contributed by atoms with E-state index in [4.69, 9.17) is 11.6 Å². The second kappa shape index (κ2) is 5.09. The zero-order chi connectivity index (χ0) is 13.2. The van der Waals surface area contributed by atoms with Gasteiger partial charge in [0.15, 0.2) is 0 Å². The van der Waals surface area contributed by atoms with Gasteiger partial charge in [-0.25, -0.2) is 18.1 Å². The van der Waals surface area contributed by atoms with Crippen molar-refractivity contribution in [2.75, 3.05) is 0 Å². The van der Waals surface area contributed by atoms with Crippen LogP contribution in [-0.2, 0) is 23.6 Å². The molecular weight excluding hydrogens is 274 g/mol. The minimum Gasteiger partial charge on any atom is -0.357 e. The monoisotopic (exact) mass is 285 g/mol. The molecule has 0 fully saturated rings. The molecule has 18 heavy (non-hydrogen) atoms. The summed E-state index contributed by atoms with van der Waals surface area (Å²) in [5, 5.41) is -0.0296. The first-order valence-corrected chi connectivity index (χ1v) is 7.06. The number of halogens is 1. The summed E-state index contributed by atoms with van der Waals surface area (Å²) in [6.45, 7) is 0.217. The van der Waals surface area contributed by atoms with Gasteiger partial charge in [0.05, 0.1) is 0 Å². The van der Waals surface area contributed by atoms with Gasteiger partial charge in [-0.05, 0) is 23.8 Å². The fourth-order valence-corrected chi connectivity index (χ4v) is 2.96. The van der Waals surface area contributed by atoms with Crippen molar-refractivity contribution < 1.29 is 8.42 Å². The third kappa shape index (κ3) is 2.90. The number of pyridine rings is 1. The van der Waals surface area contributed by atoms with Gasteiger partial charge in [-0.2, -0.15) is 0 Å². The molecular formula is C11H12ClN3O2S. The first-order chi connectivity index (χ1) is 8.49. The van der Waals surface area contributed by atoms with Crippen molar-refractivity contribution >= 4 is 21.6 Å². The second-order valence-electron chi connectivity index (χ2n) is 3.80. The highest BCUT2D eigenvalue weighted by atomic mass is 35.5. The summed E-state index contributed by atoms with van der Waals surface area (Å²) < 4.78 is 28.3. The first-order valence-electron chi connectivity index (χ1n) is 5.20. The Kier molecular flexibility index (Phi) is 3.70. The molecule has 0 aliphatic rings. The van der Waals surface area contributed by atoms with Crippen LogP contribution >= 0.6 is 11.6 Å². The van der Waals surface area contributed by atoms with Crippen LogP contribution in [0.5, 0.6) is 0 Å². The molecule has 0 aromatic carbocycles. The second-order valence-corrected chi connectivity index (χ2v) is 5.90. The topological polar surface area (TPSA) is 64.0 Å². The van der Waals surface area contributed by atoms with Crippen molar-refractivity contribution in [3.8, 4) is 0 Å². The van der Waals surface area contributed by atoms with E-state index in [0.717, 1.165) is 5.56 Å². The Morgan fingerprint density at radius 3 is 2.83 bits per heavy atom. The van der Waals surface area contributed by atoms with E-state index >= 15 is 0 Å². The van der Waals surface area contributed by atoms with Crippen molar-refractivity contribution in [2.45, 2.75) is 11.4 Å². The minimum absolute atomic E-state index is 0.0115. The summed E-state index contributed by atoms with van der Waals surface area (Å²) in [6, 6.07) is 4.79. The molecule has 1 N–H and O–H groups in total. The number of rotatable bonds is 4. The van der Waals surface area contributed by atoms with Gasteiger partial charge in [0.1, 0.15) is 10.0 Å². The van der Waals surface area contributed by atoms with Gasteiger partial charge in [0, 0.05) is 32.2 Å². The molecule has 2 rings (SSSR count). The van der Waals surface area contributed by atoms with E-state index < -0.39 is 10.0 Å². The van der Waals surface area contributed by atoms with Crippen molar-refractivity contribution in [3.63, 3.8) is 0 Å². The lowest BCUT2D eigenvalue weighted by molar-refractivity contribution is 0.581. The molecule has 7 heteroatoms. The molecule has 0 atom stereocenters. The SMILES string of the molecule is Cn1ccc(CNS(=O)(=O)c2cccnc2Cl)c1. The summed E-state index contributed by atoms with van der Waals surface area (Å²) >= 11 is 5.76. The lowest BCUT2D eigenvalue weighted by Crippen LogP contribution is -2.23. The van der Waals surface area contributed by atoms with Gasteiger partial charge in [0.2, 0.25) is 10.0 Å². The van der Waals surface area contributed by atoms with Crippen LogP contribution in [0.1, 0.15) is 5.56 Å². The van der Waals surface area contributed by atoms with Crippen LogP contribution in [0, 0.1) is 0 Å². The van der Waals surface area contributed by atoms with E-state index in [0.29, 0.717) is 0 Å². The number of nitrogens with one attached hydrogen (secondary N) is 1. The molecule has 0 radical (unpaired) electrons. The smallest absolute Gasteiger partial charge is 0.243 e. The van der Waals surface area contributed by atoms with Gasteiger partial charge in [-0.3, -0.25) is 0 Å². The lowest BCUT2D eigenvalue weighted by Gasteiger charge is -2.06. The van der Waals surface area contributed by atoms with Crippen LogP contribution in [0.15, 0.2) is 41.7 Å². The van der Waals surface area contributed by atoms with Crippen LogP contribution in [0.3, 0.4) is 0 Å². The summed E-state index contributed by atoms with van der Waals surface area (Å²) in [6.07, 6.45) is 5.13. The van der Waals surface area contributed by atoms with E-state index in [9.17, 15) is 8.42 Å². The molecule has 0 amide bonds. The maximum absolute atomic E-state index is 12.0. The maximum Gasteiger partial charge on any atom is 0.243 e. The van der Waals surface area contributed by atoms with Crippen LogP contribution in [0.2, 0.25) is 5.15 Å². The van der Waals surface area contributed by atoms with Crippen molar-refractivity contribution in [3.05, 3.63) is 47.5 Å². The van der Waals surface area contributed by atoms with Crippen LogP contribution in [0.25, 0.3) is 0 Å². The average molecular weight is 286 g/mol. The Hall–Kier alpha value is -1.37. The molecule has 0 aliphatic heterocycles. The highest BCUT2D eigenvalue weighted by Gasteiger charge is 2.17. The Balaban J connectivity index is 2.16. The fourth-order valence-electron chi connectivity index (χ4n) is 1.49. The van der Waals surface area contributed by atoms with Gasteiger partial charge in [-0.15, -0.1) is 0 Å². The molecule has 0 spiro atoms. The molecule has 0 saturated heterocycles. The van der Waals surface area contributed by atoms with Crippen molar-refractivity contribution in [1.29, 1.82) is 0 Å². The molecule has 2 aromatic rings. The molecule has 0 saturated carbocycles. The third-order valence-corrected chi connectivity index (χ3v) is 4.22. The molecule has 96 valence electrons. The zero-order valence-electron chi connectivity index (χ0n) is 9.67. The standard InChI is InChI=1S/C11H12ClN3O2S/c1-15-6-4-9(8-15)7-14-18(16,17)10-3-2-5-13-11(10)12/h2-6,8,14H,7H2,1H3. The molecule has 0 aliphatic carbocycles. The van der Waals surface area contributed by atoms with E-state index in [1.807, 2.05) is 30.1 Å². The Bertz CT molecular complexity index is 652. The summed E-state index contributed by atoms with van der Waals surface area (Å²) in [4.78, 5) is 3.74. The highest BCUT2D eigenvalue weighted by Crippen LogP contribution is 2.17. The minimum atomic E-state index is -3.63. The van der Waals surface area contributed by atoms with E-state index in [-0.39, 0.29) is 16.6 Å². The number of nitrogens with zero attached hydrogens (tertiary/aromatic N) is 2. The zero-order valence-corrected chi connectivity index (χ0v) is 11.2. The van der Waals surface area contributed by atoms with Crippen LogP contribution in [0.4, 0.5) is 0 Å². The molecule has 5 nitrogen and oxygen atoms in total. The molecule has 0 bridgehead atoms. The van der Waals surface area contributed by atoms with Gasteiger partial charge in [0.25, 0.3) is 0 Å². The first kappa shape index (κ1) is 13.1. The van der Waals surface area contributed by atoms with Gasteiger partial charge in [-0.1, -0.05) is 11.6 Å². The number of sulfonamides is 1. The molecule has 2 heterocycles. The van der Waals surface area contributed by atoms with Crippen LogP contribution < -0.4 is 4.72 Å². The van der Waals surface area contributed by atoms with E-state index in [2.05, 4.69) is 9.71 Å². The van der Waals surface area contributed by atoms with Crippen molar-refractivity contribution in [1.82, 2.24) is 14.3 Å². The largest absolute Gasteiger partial charge is 0.357 e. The number of aromatic nitrogens is 2. The summed E-state index contributed by atoms with van der Waals surface area (Å²) in [5.41, 5.74) is 0.876. The summed E-state index contributed by atoms with van der Waals surface area (Å²) in [5.74, 6) is 0. The number of aryl methyl sites for hydroxylation is 1. The maximum atomic E-state index is 12.0. The van der Waals surface area contributed by atoms with Crippen molar-refractivity contribution in [2.24, 2.45) is 7.05 Å². The number of hydrogen-bond acceptors (Lipinski definition) is 3. The van der Waals surface area contributed by atoms with E-state index in [1.165, 1.54) is 18.3 Å². The molecule has 2 aromatic heterocycles. The van der Waals surface area contributed by atoms with Gasteiger partial charge < -0.3 is 4.57 Å². The average Bonchev–Trinajstić information content (AvgIpc) is 2.73. The summed E-state index contributed by atoms with van der Waals surface area (Å²) in [7, 11) is -1.76. The molecule has 0 unspecified atom stereocenters. The Labute approximate surface area is 110 Å². The predicted molar refractivity (Wildman–Crippen MR) is 68.7 cm³/mol. The predicted octanol–water partition coefficient (Wildman–Crippen LogP) is 1.55. The van der Waals surface area contributed by atoms with Crippen LogP contribution in [-0.4, -0.2) is 18.0 Å². The number of hydrogen-bond donors (Lipinski definition) is 1. The normalized spacial score (nSPS) is 11.7. The lowest BCUT2D eigenvalue weighted by atomic mass is 10.4. The van der Waals surface area contributed by atoms with Gasteiger partial charge >= 0.3 is 0 Å².